The van der Waals surface area contributed by atoms with Gasteiger partial charge in [-0.2, -0.15) is 0 Å². The van der Waals surface area contributed by atoms with Crippen LogP contribution >= 0.6 is 23.2 Å². The molecule has 0 radical (unpaired) electrons. The standard InChI is InChI=1S/C11H9Cl2N3O/c1-15-10(14)8(9(12)13)16(11(15)17)7-5-3-2-4-6-7/h2-6,14H,1H3. The maximum atomic E-state index is 12.0. The van der Waals surface area contributed by atoms with Gasteiger partial charge >= 0.3 is 6.03 Å². The molecular formula is C11H9Cl2N3O. The summed E-state index contributed by atoms with van der Waals surface area (Å²) in [6.45, 7) is 0. The lowest BCUT2D eigenvalue weighted by molar-refractivity contribution is 0.238. The van der Waals surface area contributed by atoms with E-state index in [0.717, 1.165) is 0 Å². The van der Waals surface area contributed by atoms with E-state index < -0.39 is 0 Å². The zero-order valence-corrected chi connectivity index (χ0v) is 10.5. The Balaban J connectivity index is 2.56. The maximum absolute atomic E-state index is 12.0. The second-order valence-corrected chi connectivity index (χ2v) is 4.42. The van der Waals surface area contributed by atoms with Gasteiger partial charge in [-0.05, 0) is 12.1 Å². The molecule has 0 spiro atoms. The SMILES string of the molecule is CN1C(=N)C(=C(Cl)Cl)N(c2ccccc2)C1=O. The van der Waals surface area contributed by atoms with Crippen LogP contribution in [0.1, 0.15) is 0 Å². The predicted molar refractivity (Wildman–Crippen MR) is 68.5 cm³/mol. The largest absolute Gasteiger partial charge is 0.334 e. The number of hydrogen-bond donors (Lipinski definition) is 1. The number of anilines is 1. The monoisotopic (exact) mass is 269 g/mol. The number of rotatable bonds is 1. The zero-order valence-electron chi connectivity index (χ0n) is 8.95. The van der Waals surface area contributed by atoms with E-state index in [9.17, 15) is 4.79 Å². The van der Waals surface area contributed by atoms with E-state index in [-0.39, 0.29) is 22.1 Å². The molecule has 1 aliphatic rings. The van der Waals surface area contributed by atoms with E-state index in [4.69, 9.17) is 28.6 Å². The van der Waals surface area contributed by atoms with Gasteiger partial charge in [0.2, 0.25) is 0 Å². The van der Waals surface area contributed by atoms with Crippen LogP contribution in [0.2, 0.25) is 0 Å². The number of halogens is 2. The summed E-state index contributed by atoms with van der Waals surface area (Å²) in [5, 5.41) is 7.79. The van der Waals surface area contributed by atoms with Gasteiger partial charge in [-0.15, -0.1) is 0 Å². The van der Waals surface area contributed by atoms with Gasteiger partial charge < -0.3 is 0 Å². The van der Waals surface area contributed by atoms with Gasteiger partial charge in [-0.25, -0.2) is 4.79 Å². The molecule has 0 unspecified atom stereocenters. The first-order valence-corrected chi connectivity index (χ1v) is 5.56. The third-order valence-corrected chi connectivity index (χ3v) is 2.81. The highest BCUT2D eigenvalue weighted by molar-refractivity contribution is 6.58. The van der Waals surface area contributed by atoms with Crippen LogP contribution in [0.4, 0.5) is 10.5 Å². The summed E-state index contributed by atoms with van der Waals surface area (Å²) in [5.74, 6) is -0.0150. The quantitative estimate of drug-likeness (QED) is 0.837. The van der Waals surface area contributed by atoms with Gasteiger partial charge in [-0.1, -0.05) is 41.4 Å². The Labute approximate surface area is 109 Å². The average Bonchev–Trinajstić information content (AvgIpc) is 2.55. The number of nitrogens with one attached hydrogen (secondary N) is 1. The third-order valence-electron chi connectivity index (χ3n) is 2.45. The first-order valence-electron chi connectivity index (χ1n) is 4.81. The lowest BCUT2D eigenvalue weighted by Gasteiger charge is -2.16. The number of carbonyl (C=O) groups is 1. The summed E-state index contributed by atoms with van der Waals surface area (Å²) in [6, 6.07) is 8.58. The van der Waals surface area contributed by atoms with Crippen molar-refractivity contribution in [2.24, 2.45) is 0 Å². The van der Waals surface area contributed by atoms with E-state index in [1.54, 1.807) is 24.3 Å². The average molecular weight is 270 g/mol. The number of para-hydroxylation sites is 1. The number of amides is 2. The van der Waals surface area contributed by atoms with Crippen molar-refractivity contribution in [3.8, 4) is 0 Å². The lowest BCUT2D eigenvalue weighted by Crippen LogP contribution is -2.29. The Morgan fingerprint density at radius 2 is 1.82 bits per heavy atom. The summed E-state index contributed by atoms with van der Waals surface area (Å²) in [6.07, 6.45) is 0. The molecular weight excluding hydrogens is 261 g/mol. The van der Waals surface area contributed by atoms with Crippen molar-refractivity contribution in [2.45, 2.75) is 0 Å². The molecule has 2 amide bonds. The van der Waals surface area contributed by atoms with Crippen LogP contribution in [0.25, 0.3) is 0 Å². The molecule has 0 atom stereocenters. The van der Waals surface area contributed by atoms with Crippen molar-refractivity contribution in [2.75, 3.05) is 11.9 Å². The van der Waals surface area contributed by atoms with Gasteiger partial charge in [0.25, 0.3) is 0 Å². The molecule has 0 aliphatic carbocycles. The number of nitrogens with zero attached hydrogens (tertiary/aromatic N) is 2. The van der Waals surface area contributed by atoms with Gasteiger partial charge in [0.1, 0.15) is 10.2 Å². The van der Waals surface area contributed by atoms with E-state index in [1.807, 2.05) is 6.07 Å². The topological polar surface area (TPSA) is 47.4 Å². The number of amidine groups is 1. The van der Waals surface area contributed by atoms with Crippen LogP contribution in [0.3, 0.4) is 0 Å². The van der Waals surface area contributed by atoms with Crippen LogP contribution in [-0.4, -0.2) is 23.8 Å². The van der Waals surface area contributed by atoms with Crippen molar-refractivity contribution in [1.29, 1.82) is 5.41 Å². The highest BCUT2D eigenvalue weighted by atomic mass is 35.5. The first kappa shape index (κ1) is 12.0. The minimum absolute atomic E-state index is 0.0150. The first-order chi connectivity index (χ1) is 8.04. The highest BCUT2D eigenvalue weighted by Crippen LogP contribution is 2.31. The van der Waals surface area contributed by atoms with Crippen molar-refractivity contribution in [3.05, 3.63) is 40.5 Å². The molecule has 1 aromatic carbocycles. The van der Waals surface area contributed by atoms with Crippen LogP contribution < -0.4 is 4.90 Å². The molecule has 4 nitrogen and oxygen atoms in total. The fraction of sp³-hybridized carbons (Fsp3) is 0.0909. The molecule has 1 N–H and O–H groups in total. The Bertz CT molecular complexity index is 509. The zero-order chi connectivity index (χ0) is 12.6. The van der Waals surface area contributed by atoms with E-state index >= 15 is 0 Å². The Morgan fingerprint density at radius 3 is 2.35 bits per heavy atom. The summed E-state index contributed by atoms with van der Waals surface area (Å²) in [4.78, 5) is 14.5. The summed E-state index contributed by atoms with van der Waals surface area (Å²) in [5.41, 5.74) is 0.826. The fourth-order valence-corrected chi connectivity index (χ4v) is 1.94. The molecule has 1 saturated heterocycles. The molecule has 1 heterocycles. The molecule has 0 bridgehead atoms. The summed E-state index contributed by atoms with van der Waals surface area (Å²) < 4.78 is -0.100. The van der Waals surface area contributed by atoms with Crippen LogP contribution in [-0.2, 0) is 0 Å². The Hall–Kier alpha value is -1.52. The van der Waals surface area contributed by atoms with Crippen molar-refractivity contribution in [3.63, 3.8) is 0 Å². The Kier molecular flexibility index (Phi) is 3.09. The minimum Gasteiger partial charge on any atom is -0.282 e. The predicted octanol–water partition coefficient (Wildman–Crippen LogP) is 3.18. The Morgan fingerprint density at radius 1 is 1.24 bits per heavy atom. The second-order valence-electron chi connectivity index (χ2n) is 3.47. The van der Waals surface area contributed by atoms with Crippen molar-refractivity contribution in [1.82, 2.24) is 4.90 Å². The normalized spacial score (nSPS) is 15.8. The summed E-state index contributed by atoms with van der Waals surface area (Å²) >= 11 is 11.5. The molecule has 1 fully saturated rings. The molecule has 1 aromatic rings. The molecule has 0 aromatic heterocycles. The van der Waals surface area contributed by atoms with Gasteiger partial charge in [-0.3, -0.25) is 15.2 Å². The smallest absolute Gasteiger partial charge is 0.282 e. The second kappa shape index (κ2) is 4.39. The molecule has 2 rings (SSSR count). The van der Waals surface area contributed by atoms with Gasteiger partial charge in [0, 0.05) is 7.05 Å². The molecule has 6 heteroatoms. The number of hydrogen-bond acceptors (Lipinski definition) is 2. The van der Waals surface area contributed by atoms with Crippen molar-refractivity contribution >= 4 is 40.8 Å². The molecule has 1 aliphatic heterocycles. The highest BCUT2D eigenvalue weighted by Gasteiger charge is 2.38. The fourth-order valence-electron chi connectivity index (χ4n) is 1.60. The molecule has 17 heavy (non-hydrogen) atoms. The minimum atomic E-state index is -0.352. The van der Waals surface area contributed by atoms with Crippen molar-refractivity contribution < 1.29 is 4.79 Å². The lowest BCUT2D eigenvalue weighted by atomic mass is 10.3. The maximum Gasteiger partial charge on any atom is 0.334 e. The van der Waals surface area contributed by atoms with Crippen LogP contribution in [0.5, 0.6) is 0 Å². The molecule has 0 saturated carbocycles. The van der Waals surface area contributed by atoms with Crippen LogP contribution in [0.15, 0.2) is 40.5 Å². The number of carbonyl (C=O) groups excluding carboxylic acids is 1. The van der Waals surface area contributed by atoms with E-state index in [2.05, 4.69) is 0 Å². The van der Waals surface area contributed by atoms with Crippen LogP contribution in [0, 0.1) is 5.41 Å². The number of urea groups is 1. The van der Waals surface area contributed by atoms with E-state index in [0.29, 0.717) is 5.69 Å². The number of likely N-dealkylation sites (N-methyl/N-ethyl adjacent to an activating group) is 1. The van der Waals surface area contributed by atoms with Gasteiger partial charge in [0.15, 0.2) is 5.84 Å². The molecule has 88 valence electrons. The van der Waals surface area contributed by atoms with Gasteiger partial charge in [0.05, 0.1) is 5.69 Å². The third kappa shape index (κ3) is 1.90. The number of benzene rings is 1. The van der Waals surface area contributed by atoms with E-state index in [1.165, 1.54) is 16.8 Å². The summed E-state index contributed by atoms with van der Waals surface area (Å²) in [7, 11) is 1.50.